The van der Waals surface area contributed by atoms with Crippen LogP contribution in [0.1, 0.15) is 17.3 Å². The number of aromatic amines is 1. The van der Waals surface area contributed by atoms with E-state index in [1.165, 1.54) is 0 Å². The summed E-state index contributed by atoms with van der Waals surface area (Å²) in [5, 5.41) is 0.774. The normalized spacial score (nSPS) is 10.7. The predicted molar refractivity (Wildman–Crippen MR) is 69.5 cm³/mol. The van der Waals surface area contributed by atoms with Gasteiger partial charge in [-0.25, -0.2) is 4.79 Å². The number of esters is 1. The number of nitrogens with two attached hydrogens (primary N) is 1. The van der Waals surface area contributed by atoms with Crippen molar-refractivity contribution in [1.29, 1.82) is 0 Å². The largest absolute Gasteiger partial charge is 0.460 e. The second-order valence-corrected chi connectivity index (χ2v) is 3.79. The topological polar surface area (TPSA) is 77.3 Å². The van der Waals surface area contributed by atoms with Crippen LogP contribution >= 0.6 is 0 Å². The van der Waals surface area contributed by atoms with Crippen molar-refractivity contribution in [2.24, 2.45) is 0 Å². The second-order valence-electron chi connectivity index (χ2n) is 3.79. The number of hydrogen-bond acceptors (Lipinski definition) is 4. The van der Waals surface area contributed by atoms with Gasteiger partial charge in [0.05, 0.1) is 6.61 Å². The number of nitrogens with one attached hydrogen (secondary N) is 1. The molecule has 1 heterocycles. The summed E-state index contributed by atoms with van der Waals surface area (Å²) in [6.07, 6.45) is 0. The average molecular weight is 248 g/mol. The summed E-state index contributed by atoms with van der Waals surface area (Å²) in [5.41, 5.74) is 7.01. The number of carbonyl (C=O) groups is 1. The van der Waals surface area contributed by atoms with E-state index < -0.39 is 5.97 Å². The predicted octanol–water partition coefficient (Wildman–Crippen LogP) is 1.94. The van der Waals surface area contributed by atoms with Gasteiger partial charge in [0.15, 0.2) is 0 Å². The fourth-order valence-corrected chi connectivity index (χ4v) is 1.79. The molecular weight excluding hydrogens is 232 g/mol. The molecule has 0 aliphatic carbocycles. The Bertz CT molecular complexity index is 548. The highest BCUT2D eigenvalue weighted by Gasteiger charge is 2.17. The van der Waals surface area contributed by atoms with Crippen molar-refractivity contribution in [3.63, 3.8) is 0 Å². The van der Waals surface area contributed by atoms with Gasteiger partial charge in [-0.05, 0) is 13.0 Å². The highest BCUT2D eigenvalue weighted by molar-refractivity contribution is 6.08. The Morgan fingerprint density at radius 1 is 1.33 bits per heavy atom. The number of anilines is 1. The smallest absolute Gasteiger partial charge is 0.342 e. The molecule has 0 atom stereocenters. The number of benzene rings is 1. The van der Waals surface area contributed by atoms with Crippen LogP contribution in [0.3, 0.4) is 0 Å². The molecule has 0 saturated carbocycles. The Morgan fingerprint density at radius 2 is 2.11 bits per heavy atom. The number of carbonyl (C=O) groups excluding carboxylic acids is 1. The minimum atomic E-state index is -0.426. The van der Waals surface area contributed by atoms with Crippen LogP contribution in [0, 0.1) is 0 Å². The highest BCUT2D eigenvalue weighted by Crippen LogP contribution is 2.24. The maximum Gasteiger partial charge on any atom is 0.342 e. The van der Waals surface area contributed by atoms with Crippen molar-refractivity contribution in [2.45, 2.75) is 6.92 Å². The lowest BCUT2D eigenvalue weighted by Gasteiger charge is -2.04. The van der Waals surface area contributed by atoms with E-state index >= 15 is 0 Å². The number of nitrogen functional groups attached to an aromatic ring is 1. The zero-order chi connectivity index (χ0) is 13.0. The first-order valence-electron chi connectivity index (χ1n) is 5.85. The molecule has 5 heteroatoms. The molecule has 0 spiro atoms. The van der Waals surface area contributed by atoms with Gasteiger partial charge < -0.3 is 20.2 Å². The molecule has 0 amide bonds. The van der Waals surface area contributed by atoms with Crippen LogP contribution in [0.4, 0.5) is 5.82 Å². The van der Waals surface area contributed by atoms with Crippen molar-refractivity contribution in [2.75, 3.05) is 25.6 Å². The van der Waals surface area contributed by atoms with Crippen molar-refractivity contribution in [1.82, 2.24) is 4.98 Å². The van der Waals surface area contributed by atoms with Gasteiger partial charge in [0, 0.05) is 17.5 Å². The van der Waals surface area contributed by atoms with Crippen molar-refractivity contribution < 1.29 is 14.3 Å². The lowest BCUT2D eigenvalue weighted by molar-refractivity contribution is 0.0338. The third-order valence-corrected chi connectivity index (χ3v) is 2.60. The van der Waals surface area contributed by atoms with Crippen LogP contribution in [-0.4, -0.2) is 30.8 Å². The molecule has 1 aromatic carbocycles. The average Bonchev–Trinajstić information content (AvgIpc) is 2.70. The summed E-state index contributed by atoms with van der Waals surface area (Å²) >= 11 is 0. The molecule has 0 radical (unpaired) electrons. The second kappa shape index (κ2) is 5.55. The quantitative estimate of drug-likeness (QED) is 0.626. The third-order valence-electron chi connectivity index (χ3n) is 2.60. The zero-order valence-electron chi connectivity index (χ0n) is 10.2. The molecule has 3 N–H and O–H groups in total. The van der Waals surface area contributed by atoms with Crippen LogP contribution < -0.4 is 5.73 Å². The number of rotatable bonds is 5. The summed E-state index contributed by atoms with van der Waals surface area (Å²) < 4.78 is 10.2. The van der Waals surface area contributed by atoms with Crippen LogP contribution in [0.25, 0.3) is 10.9 Å². The first-order chi connectivity index (χ1) is 8.74. The number of H-pyrrole nitrogens is 1. The van der Waals surface area contributed by atoms with Gasteiger partial charge >= 0.3 is 5.97 Å². The van der Waals surface area contributed by atoms with Crippen LogP contribution in [0.15, 0.2) is 24.3 Å². The Balaban J connectivity index is 2.14. The first kappa shape index (κ1) is 12.4. The molecule has 0 fully saturated rings. The monoisotopic (exact) mass is 248 g/mol. The lowest BCUT2D eigenvalue weighted by atomic mass is 10.1. The summed E-state index contributed by atoms with van der Waals surface area (Å²) in [6, 6.07) is 7.43. The number of para-hydroxylation sites is 1. The van der Waals surface area contributed by atoms with Gasteiger partial charge in [-0.2, -0.15) is 0 Å². The van der Waals surface area contributed by atoms with E-state index in [9.17, 15) is 4.79 Å². The number of fused-ring (bicyclic) bond motifs is 1. The Kier molecular flexibility index (Phi) is 3.84. The van der Waals surface area contributed by atoms with E-state index in [4.69, 9.17) is 15.2 Å². The molecule has 0 bridgehead atoms. The maximum absolute atomic E-state index is 11.9. The molecule has 2 aromatic rings. The molecule has 0 unspecified atom stereocenters. The van der Waals surface area contributed by atoms with Crippen molar-refractivity contribution in [3.05, 3.63) is 29.8 Å². The molecule has 0 aliphatic heterocycles. The van der Waals surface area contributed by atoms with E-state index in [1.54, 1.807) is 0 Å². The lowest BCUT2D eigenvalue weighted by Crippen LogP contribution is -2.11. The maximum atomic E-state index is 11.9. The van der Waals surface area contributed by atoms with Crippen LogP contribution in [0.5, 0.6) is 0 Å². The van der Waals surface area contributed by atoms with Gasteiger partial charge in [0.25, 0.3) is 0 Å². The summed E-state index contributed by atoms with van der Waals surface area (Å²) in [4.78, 5) is 14.9. The van der Waals surface area contributed by atoms with E-state index in [0.29, 0.717) is 24.6 Å². The molecule has 0 aliphatic rings. The first-order valence-corrected chi connectivity index (χ1v) is 5.85. The zero-order valence-corrected chi connectivity index (χ0v) is 10.2. The van der Waals surface area contributed by atoms with E-state index in [2.05, 4.69) is 4.98 Å². The minimum Gasteiger partial charge on any atom is -0.460 e. The van der Waals surface area contributed by atoms with E-state index in [1.807, 2.05) is 31.2 Å². The highest BCUT2D eigenvalue weighted by atomic mass is 16.6. The van der Waals surface area contributed by atoms with E-state index in [-0.39, 0.29) is 6.61 Å². The van der Waals surface area contributed by atoms with Crippen LogP contribution in [0.2, 0.25) is 0 Å². The Hall–Kier alpha value is -2.01. The fraction of sp³-hybridized carbons (Fsp3) is 0.308. The molecular formula is C13H16N2O3. The molecule has 96 valence electrons. The minimum absolute atomic E-state index is 0.228. The molecule has 5 nitrogen and oxygen atoms in total. The van der Waals surface area contributed by atoms with E-state index in [0.717, 1.165) is 10.9 Å². The summed E-state index contributed by atoms with van der Waals surface area (Å²) in [6.45, 7) is 3.11. The van der Waals surface area contributed by atoms with Gasteiger partial charge in [0.1, 0.15) is 18.0 Å². The molecule has 2 rings (SSSR count). The number of hydrogen-bond donors (Lipinski definition) is 2. The summed E-state index contributed by atoms with van der Waals surface area (Å²) in [5.74, 6) is -0.0951. The Morgan fingerprint density at radius 3 is 2.89 bits per heavy atom. The molecule has 1 aromatic heterocycles. The molecule has 0 saturated heterocycles. The molecule has 18 heavy (non-hydrogen) atoms. The van der Waals surface area contributed by atoms with Crippen molar-refractivity contribution >= 4 is 22.7 Å². The van der Waals surface area contributed by atoms with Gasteiger partial charge in [0.2, 0.25) is 0 Å². The SMILES string of the molecule is CCOCCOC(=O)c1c(N)[nH]c2ccccc12. The van der Waals surface area contributed by atoms with Gasteiger partial charge in [-0.15, -0.1) is 0 Å². The number of ether oxygens (including phenoxy) is 2. The van der Waals surface area contributed by atoms with Gasteiger partial charge in [-0.1, -0.05) is 18.2 Å². The number of aromatic nitrogens is 1. The summed E-state index contributed by atoms with van der Waals surface area (Å²) in [7, 11) is 0. The Labute approximate surface area is 105 Å². The van der Waals surface area contributed by atoms with Crippen LogP contribution in [-0.2, 0) is 9.47 Å². The fourth-order valence-electron chi connectivity index (χ4n) is 1.79. The van der Waals surface area contributed by atoms with Gasteiger partial charge in [-0.3, -0.25) is 0 Å². The van der Waals surface area contributed by atoms with Crippen molar-refractivity contribution in [3.8, 4) is 0 Å². The standard InChI is InChI=1S/C13H16N2O3/c1-2-17-7-8-18-13(16)11-9-5-3-4-6-10(9)15-12(11)14/h3-6,15H,2,7-8,14H2,1H3. The third kappa shape index (κ3) is 2.46.